The Kier molecular flexibility index (Phi) is 37.7. The number of aryl methyl sites for hydroxylation is 1. The summed E-state index contributed by atoms with van der Waals surface area (Å²) in [5, 5.41) is 55.5. The van der Waals surface area contributed by atoms with Crippen LogP contribution in [0.4, 0.5) is 4.39 Å². The molecule has 0 aliphatic carbocycles. The number of aromatic hydroxyl groups is 1. The monoisotopic (exact) mass is 1840 g/mol. The summed E-state index contributed by atoms with van der Waals surface area (Å²) < 4.78 is 14.6. The van der Waals surface area contributed by atoms with Crippen LogP contribution in [0, 0.1) is 24.6 Å². The highest BCUT2D eigenvalue weighted by molar-refractivity contribution is 8.00. The summed E-state index contributed by atoms with van der Waals surface area (Å²) in [6.07, 6.45) is -0.961. The van der Waals surface area contributed by atoms with Gasteiger partial charge in [0, 0.05) is 95.6 Å². The van der Waals surface area contributed by atoms with Gasteiger partial charge in [-0.3, -0.25) is 81.5 Å². The number of carbonyl (C=O) groups excluding carboxylic acids is 15. The summed E-state index contributed by atoms with van der Waals surface area (Å²) in [6.45, 7) is 9.30. The molecule has 15 amide bonds. The van der Waals surface area contributed by atoms with Crippen molar-refractivity contribution in [2.45, 2.75) is 223 Å². The van der Waals surface area contributed by atoms with E-state index in [-0.39, 0.29) is 95.4 Å². The number of carboxylic acid groups (broad SMARTS) is 2. The number of hydrogen-bond acceptors (Lipinski definition) is 19. The van der Waals surface area contributed by atoms with E-state index >= 15 is 47.9 Å². The number of thioether (sulfide) groups is 1. The third kappa shape index (κ3) is 28.9. The minimum atomic E-state index is -1.93. The predicted molar refractivity (Wildman–Crippen MR) is 486 cm³/mol. The molecular formula is C94H121FN16O20S. The number of nitrogens with one attached hydrogen (secondary N) is 10. The highest BCUT2D eigenvalue weighted by Crippen LogP contribution is 2.28. The number of nitrogens with zero attached hydrogens (tertiary/aromatic N) is 5. The number of benzene rings is 5. The molecule has 36 nitrogen and oxygen atoms in total. The largest absolute Gasteiger partial charge is 0.508 e. The summed E-state index contributed by atoms with van der Waals surface area (Å²) in [5.41, 5.74) is 9.18. The molecule has 1 unspecified atom stereocenters. The van der Waals surface area contributed by atoms with E-state index in [2.05, 4.69) is 52.8 Å². The van der Waals surface area contributed by atoms with Gasteiger partial charge in [-0.05, 0) is 122 Å². The number of hydrogen-bond donors (Lipinski definition) is 14. The molecule has 3 fully saturated rings. The molecule has 3 aliphatic heterocycles. The zero-order valence-corrected chi connectivity index (χ0v) is 76.4. The standard InChI is InChI=1S/C94H121FN16O20S/c1-10-11-23-74-93(130)111-41-18-25-73(111)88(125)104-69(48-80(117)118)86(123)106-81(54(4)5)94(131)108(8)75(45-59-28-26-55(6)27-29-59)89(126)100-65(38-39-79(115)116)91(128)110-40-17-24-72(110)87(124)103-68(47-60-49-97-64-22-16-15-21-63(60)64)85(122)102-67(43-58-32-36-62(112)37-33-58)84(121)101-66(42-53(2)3)83(120)105-71(82(119)98-50-77(96)113)51-132-52-78(114)99-70(44-57-30-34-61(95)35-31-57)90(127)109(9)76(92(129)107(74)7)46-56-19-13-12-14-20-56/h12-16,19-22,26-37,49,53-54,65-76,81,97,112H,10-11,17-18,23-25,38-48,50-52H2,1-9H3,(H2,96,113)(H,98,119)(H,99,114)(H,100,126)(H,101,121)(H,102,122)(H,103,124)(H,104,125)(H,105,120)(H,106,123)(H,115,116)(H,117,118)/t65-,66-,67-,68-,69-,70-,71-,72+,73+,74-,75?,76-,81-/m0/s1. The Labute approximate surface area is 769 Å². The molecule has 0 bridgehead atoms. The number of phenolic OH excluding ortho intramolecular Hbond substituents is 1. The number of halogens is 1. The van der Waals surface area contributed by atoms with Gasteiger partial charge in [-0.1, -0.05) is 150 Å². The number of rotatable bonds is 24. The maximum atomic E-state index is 15.7. The number of carboxylic acids is 2. The van der Waals surface area contributed by atoms with E-state index < -0.39 is 228 Å². The summed E-state index contributed by atoms with van der Waals surface area (Å²) in [7, 11) is 3.94. The minimum absolute atomic E-state index is 0.00785. The maximum absolute atomic E-state index is 15.7. The summed E-state index contributed by atoms with van der Waals surface area (Å²) in [6, 6.07) is 12.8. The fourth-order valence-corrected chi connectivity index (χ4v) is 17.3. The van der Waals surface area contributed by atoms with Gasteiger partial charge >= 0.3 is 11.9 Å². The van der Waals surface area contributed by atoms with Crippen molar-refractivity contribution in [1.82, 2.24) is 77.3 Å². The van der Waals surface area contributed by atoms with Crippen LogP contribution in [0.25, 0.3) is 10.9 Å². The second-order valence-corrected chi connectivity index (χ2v) is 35.7. The van der Waals surface area contributed by atoms with Crippen molar-refractivity contribution in [3.05, 3.63) is 173 Å². The molecule has 0 radical (unpaired) electrons. The SMILES string of the molecule is CCCC[C@H]1C(=O)N2CCC[C@@H]2C(=O)N[C@@H](CC(=O)O)C(=O)N[C@@H](C(C)C)C(=O)N(C)C(Cc2ccc(C)cc2)C(=O)N[C@@H](CCC(=O)O)C(=O)N2CCC[C@@H]2C(=O)N[C@@H](Cc2c[nH]c3ccccc23)C(=O)N[C@@H](Cc2ccc(O)cc2)C(=O)N[C@@H](CC(C)C)C(=O)N[C@H](C(=O)NCC(N)=O)CSCC(=O)N[C@@H](Cc2ccc(F)cc2)C(=O)N(C)[C@@H](Cc2ccccc2)C(=O)N1C. The summed E-state index contributed by atoms with van der Waals surface area (Å²) in [4.78, 5) is 259. The van der Waals surface area contributed by atoms with Crippen molar-refractivity contribution in [3.63, 3.8) is 0 Å². The number of aromatic nitrogens is 1. The number of aromatic amines is 1. The topological polar surface area (TPSA) is 517 Å². The van der Waals surface area contributed by atoms with Crippen LogP contribution in [-0.4, -0.2) is 276 Å². The molecule has 3 saturated heterocycles. The van der Waals surface area contributed by atoms with Gasteiger partial charge in [-0.2, -0.15) is 0 Å². The number of carbonyl (C=O) groups is 17. The molecule has 9 rings (SSSR count). The van der Waals surface area contributed by atoms with Gasteiger partial charge in [-0.25, -0.2) is 4.39 Å². The van der Waals surface area contributed by atoms with Crippen molar-refractivity contribution in [1.29, 1.82) is 0 Å². The molecule has 38 heteroatoms. The first-order valence-electron chi connectivity index (χ1n) is 44.4. The van der Waals surface area contributed by atoms with Crippen LogP contribution in [-0.2, 0) is 114 Å². The van der Waals surface area contributed by atoms with Gasteiger partial charge in [0.25, 0.3) is 0 Å². The van der Waals surface area contributed by atoms with Crippen LogP contribution in [0.15, 0.2) is 134 Å². The van der Waals surface area contributed by atoms with E-state index in [1.165, 1.54) is 67.3 Å². The Morgan fingerprint density at radius 3 is 1.64 bits per heavy atom. The van der Waals surface area contributed by atoms with Crippen LogP contribution in [0.5, 0.6) is 5.75 Å². The normalized spacial score (nSPS) is 23.7. The number of fused-ring (bicyclic) bond motifs is 3. The molecule has 0 saturated carbocycles. The number of H-pyrrole nitrogens is 1. The van der Waals surface area contributed by atoms with E-state index in [1.54, 1.807) is 113 Å². The van der Waals surface area contributed by atoms with Crippen molar-refractivity contribution < 1.29 is 101 Å². The lowest BCUT2D eigenvalue weighted by atomic mass is 9.98. The first-order valence-corrected chi connectivity index (χ1v) is 45.5. The van der Waals surface area contributed by atoms with Crippen molar-refractivity contribution >= 4 is 123 Å². The second kappa shape index (κ2) is 48.6. The second-order valence-electron chi connectivity index (χ2n) is 34.6. The van der Waals surface area contributed by atoms with Gasteiger partial charge in [0.15, 0.2) is 0 Å². The highest BCUT2D eigenvalue weighted by Gasteiger charge is 2.46. The molecule has 3 aliphatic rings. The number of phenols is 1. The Balaban J connectivity index is 1.13. The average Bonchev–Trinajstić information content (AvgIpc) is 1.48. The van der Waals surface area contributed by atoms with E-state index in [0.717, 1.165) is 44.2 Å². The third-order valence-electron chi connectivity index (χ3n) is 23.8. The Morgan fingerprint density at radius 1 is 0.515 bits per heavy atom. The van der Waals surface area contributed by atoms with E-state index in [1.807, 2.05) is 13.8 Å². The molecule has 4 heterocycles. The number of aliphatic carboxylic acids is 2. The van der Waals surface area contributed by atoms with Crippen molar-refractivity contribution in [3.8, 4) is 5.75 Å². The number of para-hydroxylation sites is 1. The number of likely N-dealkylation sites (N-methyl/N-ethyl adjacent to an activating group) is 3. The average molecular weight is 1850 g/mol. The lowest BCUT2D eigenvalue weighted by Crippen LogP contribution is -2.62. The van der Waals surface area contributed by atoms with E-state index in [9.17, 15) is 53.3 Å². The third-order valence-corrected chi connectivity index (χ3v) is 24.8. The summed E-state index contributed by atoms with van der Waals surface area (Å²) in [5.74, 6) is -19.8. The molecular weight excluding hydrogens is 1720 g/mol. The molecule has 15 N–H and O–H groups in total. The zero-order chi connectivity index (χ0) is 96.3. The quantitative estimate of drug-likeness (QED) is 0.0414. The molecule has 6 aromatic rings. The van der Waals surface area contributed by atoms with Gasteiger partial charge < -0.3 is 98.4 Å². The molecule has 1 aromatic heterocycles. The van der Waals surface area contributed by atoms with Crippen molar-refractivity contribution in [2.75, 3.05) is 52.3 Å². The van der Waals surface area contributed by atoms with Crippen LogP contribution in [0.3, 0.4) is 0 Å². The van der Waals surface area contributed by atoms with Gasteiger partial charge in [0.1, 0.15) is 90.1 Å². The van der Waals surface area contributed by atoms with Gasteiger partial charge in [-0.15, -0.1) is 11.8 Å². The maximum Gasteiger partial charge on any atom is 0.305 e. The first kappa shape index (κ1) is 102. The van der Waals surface area contributed by atoms with Gasteiger partial charge in [0.05, 0.1) is 18.7 Å². The number of primary amides is 1. The Bertz CT molecular complexity index is 5120. The van der Waals surface area contributed by atoms with E-state index in [0.29, 0.717) is 51.6 Å². The van der Waals surface area contributed by atoms with Crippen LogP contribution >= 0.6 is 11.8 Å². The molecule has 710 valence electrons. The molecule has 132 heavy (non-hydrogen) atoms. The first-order chi connectivity index (χ1) is 62.8. The van der Waals surface area contributed by atoms with E-state index in [4.69, 9.17) is 5.73 Å². The Hall–Kier alpha value is -13.3. The molecule has 5 aromatic carbocycles. The molecule has 0 spiro atoms. The highest BCUT2D eigenvalue weighted by atomic mass is 32.2. The van der Waals surface area contributed by atoms with Crippen LogP contribution < -0.4 is 53.6 Å². The van der Waals surface area contributed by atoms with Crippen molar-refractivity contribution in [2.24, 2.45) is 17.6 Å². The Morgan fingerprint density at radius 2 is 1.03 bits per heavy atom. The smallest absolute Gasteiger partial charge is 0.305 e. The summed E-state index contributed by atoms with van der Waals surface area (Å²) >= 11 is 0.783. The van der Waals surface area contributed by atoms with Crippen LogP contribution in [0.1, 0.15) is 139 Å². The van der Waals surface area contributed by atoms with Crippen LogP contribution in [0.2, 0.25) is 0 Å². The lowest BCUT2D eigenvalue weighted by molar-refractivity contribution is -0.152. The van der Waals surface area contributed by atoms with Gasteiger partial charge in [0.2, 0.25) is 88.6 Å². The predicted octanol–water partition coefficient (Wildman–Crippen LogP) is 2.76. The number of amides is 15. The fourth-order valence-electron chi connectivity index (χ4n) is 16.5. The zero-order valence-electron chi connectivity index (χ0n) is 75.6. The fraction of sp³-hybridized carbons (Fsp3) is 0.479. The molecule has 13 atom stereocenters. The lowest BCUT2D eigenvalue weighted by Gasteiger charge is -2.38. The minimum Gasteiger partial charge on any atom is -0.508 e. The number of nitrogens with two attached hydrogens (primary N) is 1. The number of unbranched alkanes of at least 4 members (excludes halogenated alkanes) is 1.